The summed E-state index contributed by atoms with van der Waals surface area (Å²) in [7, 11) is 0. The van der Waals surface area contributed by atoms with E-state index in [0.29, 0.717) is 18.5 Å². The van der Waals surface area contributed by atoms with Crippen molar-refractivity contribution in [1.29, 1.82) is 0 Å². The van der Waals surface area contributed by atoms with Gasteiger partial charge in [0.25, 0.3) is 0 Å². The van der Waals surface area contributed by atoms with Gasteiger partial charge in [-0.3, -0.25) is 9.89 Å². The van der Waals surface area contributed by atoms with Crippen molar-refractivity contribution in [3.63, 3.8) is 0 Å². The number of morpholine rings is 1. The summed E-state index contributed by atoms with van der Waals surface area (Å²) < 4.78 is 11.3. The maximum atomic E-state index is 6.08. The molecule has 0 amide bonds. The SMILES string of the molecule is Cc1ccc(C(CN=C(N)NC2CCCC2)N2CCOCC2)o1. The highest BCUT2D eigenvalue weighted by Crippen LogP contribution is 2.24. The number of rotatable bonds is 5. The van der Waals surface area contributed by atoms with E-state index in [0.717, 1.165) is 37.8 Å². The van der Waals surface area contributed by atoms with Crippen LogP contribution in [-0.4, -0.2) is 49.7 Å². The van der Waals surface area contributed by atoms with E-state index < -0.39 is 0 Å². The predicted molar refractivity (Wildman–Crippen MR) is 90.5 cm³/mol. The van der Waals surface area contributed by atoms with Crippen LogP contribution in [0.2, 0.25) is 0 Å². The molecule has 2 heterocycles. The summed E-state index contributed by atoms with van der Waals surface area (Å²) in [6, 6.07) is 4.67. The fourth-order valence-corrected chi connectivity index (χ4v) is 3.42. The number of nitrogens with one attached hydrogen (secondary N) is 1. The van der Waals surface area contributed by atoms with E-state index >= 15 is 0 Å². The smallest absolute Gasteiger partial charge is 0.188 e. The molecule has 1 aromatic rings. The first-order chi connectivity index (χ1) is 11.2. The Kier molecular flexibility index (Phi) is 5.56. The Balaban J connectivity index is 1.65. The first kappa shape index (κ1) is 16.3. The third-order valence-corrected chi connectivity index (χ3v) is 4.72. The molecule has 1 aliphatic heterocycles. The summed E-state index contributed by atoms with van der Waals surface area (Å²) in [6.45, 7) is 5.90. The predicted octanol–water partition coefficient (Wildman–Crippen LogP) is 1.81. The number of ether oxygens (including phenoxy) is 1. The molecule has 0 spiro atoms. The van der Waals surface area contributed by atoms with E-state index in [1.807, 2.05) is 19.1 Å². The van der Waals surface area contributed by atoms with Gasteiger partial charge in [-0.25, -0.2) is 0 Å². The Morgan fingerprint density at radius 3 is 2.74 bits per heavy atom. The van der Waals surface area contributed by atoms with Gasteiger partial charge in [0.05, 0.1) is 25.8 Å². The van der Waals surface area contributed by atoms with Gasteiger partial charge in [-0.2, -0.15) is 0 Å². The standard InChI is InChI=1S/C17H28N4O2/c1-13-6-7-16(23-13)15(21-8-10-22-11-9-21)12-19-17(18)20-14-4-2-3-5-14/h6-7,14-15H,2-5,8-12H2,1H3,(H3,18,19,20). The number of guanidine groups is 1. The molecule has 6 nitrogen and oxygen atoms in total. The minimum atomic E-state index is 0.122. The number of nitrogens with two attached hydrogens (primary N) is 1. The molecule has 1 unspecified atom stereocenters. The van der Waals surface area contributed by atoms with Gasteiger partial charge in [-0.05, 0) is 31.9 Å². The number of aliphatic imine (C=N–C) groups is 1. The summed E-state index contributed by atoms with van der Waals surface area (Å²) in [5, 5.41) is 3.35. The summed E-state index contributed by atoms with van der Waals surface area (Å²) >= 11 is 0. The van der Waals surface area contributed by atoms with Crippen molar-refractivity contribution >= 4 is 5.96 Å². The average Bonchev–Trinajstić information content (AvgIpc) is 3.21. The minimum absolute atomic E-state index is 0.122. The summed E-state index contributed by atoms with van der Waals surface area (Å²) in [5.41, 5.74) is 6.08. The van der Waals surface area contributed by atoms with Crippen molar-refractivity contribution in [2.24, 2.45) is 10.7 Å². The maximum absolute atomic E-state index is 6.08. The molecule has 1 atom stereocenters. The lowest BCUT2D eigenvalue weighted by atomic mass is 10.1. The van der Waals surface area contributed by atoms with Crippen LogP contribution in [-0.2, 0) is 4.74 Å². The number of furan rings is 1. The van der Waals surface area contributed by atoms with Gasteiger partial charge >= 0.3 is 0 Å². The second-order valence-corrected chi connectivity index (χ2v) is 6.46. The molecular weight excluding hydrogens is 292 g/mol. The molecule has 0 aromatic carbocycles. The normalized spacial score (nSPS) is 22.4. The zero-order chi connectivity index (χ0) is 16.1. The lowest BCUT2D eigenvalue weighted by molar-refractivity contribution is 0.0135. The van der Waals surface area contributed by atoms with Crippen LogP contribution in [0.1, 0.15) is 43.2 Å². The fourth-order valence-electron chi connectivity index (χ4n) is 3.42. The van der Waals surface area contributed by atoms with Crippen LogP contribution in [0.25, 0.3) is 0 Å². The fraction of sp³-hybridized carbons (Fsp3) is 0.706. The molecule has 2 aliphatic rings. The van der Waals surface area contributed by atoms with Crippen molar-refractivity contribution in [2.45, 2.75) is 44.7 Å². The molecule has 0 radical (unpaired) electrons. The van der Waals surface area contributed by atoms with Crippen molar-refractivity contribution in [3.8, 4) is 0 Å². The second kappa shape index (κ2) is 7.84. The Bertz CT molecular complexity index is 516. The molecule has 2 fully saturated rings. The van der Waals surface area contributed by atoms with Crippen LogP contribution in [0.3, 0.4) is 0 Å². The summed E-state index contributed by atoms with van der Waals surface area (Å²) in [5.74, 6) is 2.44. The number of aryl methyl sites for hydroxylation is 1. The third kappa shape index (κ3) is 4.48. The van der Waals surface area contributed by atoms with E-state index in [4.69, 9.17) is 14.9 Å². The molecule has 3 N–H and O–H groups in total. The Hall–Kier alpha value is -1.53. The first-order valence-corrected chi connectivity index (χ1v) is 8.67. The molecule has 1 saturated carbocycles. The maximum Gasteiger partial charge on any atom is 0.188 e. The lowest BCUT2D eigenvalue weighted by Crippen LogP contribution is -2.42. The van der Waals surface area contributed by atoms with Gasteiger partial charge in [-0.15, -0.1) is 0 Å². The minimum Gasteiger partial charge on any atom is -0.465 e. The Morgan fingerprint density at radius 2 is 2.09 bits per heavy atom. The van der Waals surface area contributed by atoms with Crippen molar-refractivity contribution < 1.29 is 9.15 Å². The van der Waals surface area contributed by atoms with E-state index in [1.165, 1.54) is 25.7 Å². The van der Waals surface area contributed by atoms with Crippen LogP contribution in [0.15, 0.2) is 21.5 Å². The zero-order valence-corrected chi connectivity index (χ0v) is 14.0. The molecular formula is C17H28N4O2. The van der Waals surface area contributed by atoms with Crippen molar-refractivity contribution in [2.75, 3.05) is 32.8 Å². The van der Waals surface area contributed by atoms with Gasteiger partial charge in [0.2, 0.25) is 0 Å². The Morgan fingerprint density at radius 1 is 1.35 bits per heavy atom. The number of hydrogen-bond acceptors (Lipinski definition) is 4. The van der Waals surface area contributed by atoms with Crippen LogP contribution in [0.4, 0.5) is 0 Å². The first-order valence-electron chi connectivity index (χ1n) is 8.67. The summed E-state index contributed by atoms with van der Waals surface area (Å²) in [4.78, 5) is 6.96. The Labute approximate surface area is 138 Å². The van der Waals surface area contributed by atoms with E-state index in [2.05, 4.69) is 15.2 Å². The molecule has 1 aromatic heterocycles. The molecule has 23 heavy (non-hydrogen) atoms. The van der Waals surface area contributed by atoms with Gasteiger partial charge in [-0.1, -0.05) is 12.8 Å². The van der Waals surface area contributed by atoms with Gasteiger partial charge in [0.15, 0.2) is 5.96 Å². The molecule has 1 aliphatic carbocycles. The molecule has 6 heteroatoms. The topological polar surface area (TPSA) is 76.0 Å². The van der Waals surface area contributed by atoms with Crippen molar-refractivity contribution in [1.82, 2.24) is 10.2 Å². The van der Waals surface area contributed by atoms with Crippen LogP contribution < -0.4 is 11.1 Å². The number of hydrogen-bond donors (Lipinski definition) is 2. The van der Waals surface area contributed by atoms with E-state index in [9.17, 15) is 0 Å². The highest BCUT2D eigenvalue weighted by atomic mass is 16.5. The average molecular weight is 320 g/mol. The molecule has 1 saturated heterocycles. The third-order valence-electron chi connectivity index (χ3n) is 4.72. The van der Waals surface area contributed by atoms with Crippen LogP contribution >= 0.6 is 0 Å². The lowest BCUT2D eigenvalue weighted by Gasteiger charge is -2.32. The number of nitrogens with zero attached hydrogens (tertiary/aromatic N) is 2. The van der Waals surface area contributed by atoms with Crippen LogP contribution in [0, 0.1) is 6.92 Å². The van der Waals surface area contributed by atoms with E-state index in [-0.39, 0.29) is 6.04 Å². The van der Waals surface area contributed by atoms with Gasteiger partial charge in [0, 0.05) is 19.1 Å². The van der Waals surface area contributed by atoms with Gasteiger partial charge < -0.3 is 20.2 Å². The monoisotopic (exact) mass is 320 g/mol. The highest BCUT2D eigenvalue weighted by molar-refractivity contribution is 5.78. The van der Waals surface area contributed by atoms with E-state index in [1.54, 1.807) is 0 Å². The molecule has 0 bridgehead atoms. The quantitative estimate of drug-likeness (QED) is 0.639. The molecule has 3 rings (SSSR count). The highest BCUT2D eigenvalue weighted by Gasteiger charge is 2.25. The molecule has 128 valence electrons. The zero-order valence-electron chi connectivity index (χ0n) is 14.0. The second-order valence-electron chi connectivity index (χ2n) is 6.46. The van der Waals surface area contributed by atoms with Gasteiger partial charge in [0.1, 0.15) is 11.5 Å². The largest absolute Gasteiger partial charge is 0.465 e. The van der Waals surface area contributed by atoms with Crippen molar-refractivity contribution in [3.05, 3.63) is 23.7 Å². The summed E-state index contributed by atoms with van der Waals surface area (Å²) in [6.07, 6.45) is 4.96. The van der Waals surface area contributed by atoms with Crippen LogP contribution in [0.5, 0.6) is 0 Å².